The average Bonchev–Trinajstić information content (AvgIpc) is 3.08. The third kappa shape index (κ3) is 3.56. The Balaban J connectivity index is 1.48. The van der Waals surface area contributed by atoms with Crippen LogP contribution in [0.4, 0.5) is 0 Å². The van der Waals surface area contributed by atoms with E-state index in [-0.39, 0.29) is 0 Å². The predicted molar refractivity (Wildman–Crippen MR) is 86.1 cm³/mol. The van der Waals surface area contributed by atoms with Crippen LogP contribution in [0, 0.1) is 11.8 Å². The van der Waals surface area contributed by atoms with E-state index >= 15 is 0 Å². The number of benzene rings is 1. The number of likely N-dealkylation sites (tertiary alicyclic amines) is 1. The molecule has 1 aromatic heterocycles. The first-order chi connectivity index (χ1) is 10.8. The van der Waals surface area contributed by atoms with Gasteiger partial charge in [0.25, 0.3) is 0 Å². The minimum Gasteiger partial charge on any atom is -0.385 e. The van der Waals surface area contributed by atoms with Gasteiger partial charge in [0.15, 0.2) is 0 Å². The number of piperidine rings is 1. The van der Waals surface area contributed by atoms with Crippen molar-refractivity contribution in [2.24, 2.45) is 0 Å². The SMILES string of the molecule is OC1(c2ccccc2)CCN(CCC#Cc2cnc[nH]2)CC1. The standard InChI is InChI=1S/C18H21N3O/c22-18(16-6-2-1-3-7-16)9-12-21(13-10-18)11-5-4-8-17-14-19-15-20-17/h1-3,6-7,14-15,22H,5,9-13H2,(H,19,20). The monoisotopic (exact) mass is 295 g/mol. The summed E-state index contributed by atoms with van der Waals surface area (Å²) in [5.41, 5.74) is 1.23. The van der Waals surface area contributed by atoms with Gasteiger partial charge in [-0.25, -0.2) is 4.98 Å². The first-order valence-corrected chi connectivity index (χ1v) is 7.74. The number of nitrogens with zero attached hydrogens (tertiary/aromatic N) is 2. The fourth-order valence-electron chi connectivity index (χ4n) is 2.88. The van der Waals surface area contributed by atoms with Gasteiger partial charge in [-0.15, -0.1) is 0 Å². The van der Waals surface area contributed by atoms with Crippen molar-refractivity contribution in [1.29, 1.82) is 0 Å². The normalized spacial score (nSPS) is 17.7. The molecule has 0 spiro atoms. The molecule has 4 heteroatoms. The zero-order valence-electron chi connectivity index (χ0n) is 12.6. The topological polar surface area (TPSA) is 52.1 Å². The lowest BCUT2D eigenvalue weighted by Gasteiger charge is -2.38. The van der Waals surface area contributed by atoms with Crippen LogP contribution >= 0.6 is 0 Å². The molecule has 1 saturated heterocycles. The lowest BCUT2D eigenvalue weighted by atomic mass is 9.84. The second-order valence-electron chi connectivity index (χ2n) is 5.76. The van der Waals surface area contributed by atoms with Crippen LogP contribution in [0.25, 0.3) is 0 Å². The summed E-state index contributed by atoms with van der Waals surface area (Å²) in [6.45, 7) is 2.78. The molecule has 0 bridgehead atoms. The van der Waals surface area contributed by atoms with E-state index in [1.807, 2.05) is 30.3 Å². The maximum Gasteiger partial charge on any atom is 0.109 e. The van der Waals surface area contributed by atoms with E-state index < -0.39 is 5.60 Å². The molecule has 2 N–H and O–H groups in total. The summed E-state index contributed by atoms with van der Waals surface area (Å²) in [5, 5.41) is 10.8. The summed E-state index contributed by atoms with van der Waals surface area (Å²) >= 11 is 0. The Bertz CT molecular complexity index is 632. The predicted octanol–water partition coefficient (Wildman–Crippen LogP) is 2.13. The Morgan fingerprint density at radius 3 is 2.68 bits per heavy atom. The number of hydrogen-bond donors (Lipinski definition) is 2. The molecule has 1 aromatic carbocycles. The molecule has 1 fully saturated rings. The highest BCUT2D eigenvalue weighted by Crippen LogP contribution is 2.32. The van der Waals surface area contributed by atoms with Crippen LogP contribution in [0.15, 0.2) is 42.9 Å². The summed E-state index contributed by atoms with van der Waals surface area (Å²) in [7, 11) is 0. The molecule has 22 heavy (non-hydrogen) atoms. The number of aromatic nitrogens is 2. The minimum atomic E-state index is -0.667. The van der Waals surface area contributed by atoms with E-state index in [0.717, 1.165) is 50.2 Å². The molecule has 3 rings (SSSR count). The summed E-state index contributed by atoms with van der Waals surface area (Å²) in [6.07, 6.45) is 5.77. The van der Waals surface area contributed by atoms with Crippen LogP contribution in [0.5, 0.6) is 0 Å². The van der Waals surface area contributed by atoms with E-state index in [0.29, 0.717) is 0 Å². The molecular weight excluding hydrogens is 274 g/mol. The van der Waals surface area contributed by atoms with Gasteiger partial charge in [0.2, 0.25) is 0 Å². The van der Waals surface area contributed by atoms with E-state index in [9.17, 15) is 5.11 Å². The Labute approximate surface area is 131 Å². The number of rotatable bonds is 3. The van der Waals surface area contributed by atoms with Crippen LogP contribution in [-0.2, 0) is 5.60 Å². The number of H-pyrrole nitrogens is 1. The number of aliphatic hydroxyl groups is 1. The fourth-order valence-corrected chi connectivity index (χ4v) is 2.88. The zero-order chi connectivity index (χ0) is 15.3. The largest absolute Gasteiger partial charge is 0.385 e. The van der Waals surface area contributed by atoms with Crippen molar-refractivity contribution < 1.29 is 5.11 Å². The third-order valence-corrected chi connectivity index (χ3v) is 4.27. The highest BCUT2D eigenvalue weighted by molar-refractivity contribution is 5.24. The van der Waals surface area contributed by atoms with Gasteiger partial charge >= 0.3 is 0 Å². The minimum absolute atomic E-state index is 0.667. The second kappa shape index (κ2) is 6.78. The number of imidazole rings is 1. The molecule has 0 unspecified atom stereocenters. The summed E-state index contributed by atoms with van der Waals surface area (Å²) in [4.78, 5) is 9.29. The number of aromatic amines is 1. The van der Waals surface area contributed by atoms with Gasteiger partial charge in [0.1, 0.15) is 5.69 Å². The lowest BCUT2D eigenvalue weighted by Crippen LogP contribution is -2.42. The van der Waals surface area contributed by atoms with E-state index in [1.165, 1.54) is 0 Å². The van der Waals surface area contributed by atoms with Gasteiger partial charge in [-0.1, -0.05) is 36.3 Å². The summed E-state index contributed by atoms with van der Waals surface area (Å²) in [5.74, 6) is 6.22. The molecule has 0 radical (unpaired) electrons. The average molecular weight is 295 g/mol. The van der Waals surface area contributed by atoms with Gasteiger partial charge in [-0.3, -0.25) is 0 Å². The Kier molecular flexibility index (Phi) is 4.57. The zero-order valence-corrected chi connectivity index (χ0v) is 12.6. The molecule has 1 aliphatic rings. The molecule has 1 aliphatic heterocycles. The van der Waals surface area contributed by atoms with Gasteiger partial charge in [0.05, 0.1) is 18.1 Å². The Morgan fingerprint density at radius 1 is 1.23 bits per heavy atom. The molecule has 114 valence electrons. The van der Waals surface area contributed by atoms with Gasteiger partial charge in [-0.05, 0) is 24.3 Å². The van der Waals surface area contributed by atoms with Crippen LogP contribution in [-0.4, -0.2) is 39.6 Å². The molecule has 0 amide bonds. The number of hydrogen-bond acceptors (Lipinski definition) is 3. The Hall–Kier alpha value is -2.09. The van der Waals surface area contributed by atoms with Crippen LogP contribution in [0.3, 0.4) is 0 Å². The third-order valence-electron chi connectivity index (χ3n) is 4.27. The van der Waals surface area contributed by atoms with Crippen molar-refractivity contribution >= 4 is 0 Å². The summed E-state index contributed by atoms with van der Waals surface area (Å²) < 4.78 is 0. The second-order valence-corrected chi connectivity index (χ2v) is 5.76. The molecular formula is C18H21N3O. The molecule has 0 saturated carbocycles. The molecule has 2 heterocycles. The lowest BCUT2D eigenvalue weighted by molar-refractivity contribution is -0.0253. The highest BCUT2D eigenvalue weighted by atomic mass is 16.3. The maximum absolute atomic E-state index is 10.8. The van der Waals surface area contributed by atoms with Crippen molar-refractivity contribution in [2.75, 3.05) is 19.6 Å². The van der Waals surface area contributed by atoms with Crippen molar-refractivity contribution in [3.8, 4) is 11.8 Å². The van der Waals surface area contributed by atoms with Crippen molar-refractivity contribution in [2.45, 2.75) is 24.9 Å². The fraction of sp³-hybridized carbons (Fsp3) is 0.389. The van der Waals surface area contributed by atoms with Crippen molar-refractivity contribution in [3.63, 3.8) is 0 Å². The van der Waals surface area contributed by atoms with Gasteiger partial charge < -0.3 is 15.0 Å². The molecule has 2 aromatic rings. The molecule has 0 aliphatic carbocycles. The first-order valence-electron chi connectivity index (χ1n) is 7.74. The first kappa shape index (κ1) is 14.8. The van der Waals surface area contributed by atoms with E-state index in [1.54, 1.807) is 12.5 Å². The van der Waals surface area contributed by atoms with Crippen LogP contribution in [0.1, 0.15) is 30.5 Å². The van der Waals surface area contributed by atoms with Crippen molar-refractivity contribution in [1.82, 2.24) is 14.9 Å². The van der Waals surface area contributed by atoms with Crippen LogP contribution in [0.2, 0.25) is 0 Å². The maximum atomic E-state index is 10.8. The smallest absolute Gasteiger partial charge is 0.109 e. The quantitative estimate of drug-likeness (QED) is 0.853. The van der Waals surface area contributed by atoms with E-state index in [4.69, 9.17) is 0 Å². The van der Waals surface area contributed by atoms with Crippen molar-refractivity contribution in [3.05, 3.63) is 54.1 Å². The van der Waals surface area contributed by atoms with Gasteiger partial charge in [-0.2, -0.15) is 0 Å². The number of nitrogens with one attached hydrogen (secondary N) is 1. The Morgan fingerprint density at radius 2 is 2.00 bits per heavy atom. The molecule has 0 atom stereocenters. The highest BCUT2D eigenvalue weighted by Gasteiger charge is 2.33. The van der Waals surface area contributed by atoms with Crippen LogP contribution < -0.4 is 0 Å². The molecule has 4 nitrogen and oxygen atoms in total. The summed E-state index contributed by atoms with van der Waals surface area (Å²) in [6, 6.07) is 10.0. The van der Waals surface area contributed by atoms with Gasteiger partial charge in [0, 0.05) is 26.1 Å². The van der Waals surface area contributed by atoms with E-state index in [2.05, 4.69) is 26.7 Å².